The number of carbonyl (C=O) groups excluding carboxylic acids is 1. The summed E-state index contributed by atoms with van der Waals surface area (Å²) >= 11 is 0. The number of amides is 1. The van der Waals surface area contributed by atoms with Crippen molar-refractivity contribution in [3.05, 3.63) is 37.1 Å². The Kier molecular flexibility index (Phi) is 12.5. The van der Waals surface area contributed by atoms with E-state index in [9.17, 15) is 4.79 Å². The van der Waals surface area contributed by atoms with Gasteiger partial charge in [-0.1, -0.05) is 38.7 Å². The van der Waals surface area contributed by atoms with Gasteiger partial charge in [-0.15, -0.1) is 6.58 Å². The van der Waals surface area contributed by atoms with Gasteiger partial charge in [0.05, 0.1) is 24.5 Å². The number of ether oxygens (including phenoxy) is 1. The lowest BCUT2D eigenvalue weighted by molar-refractivity contribution is -0.159. The second-order valence-electron chi connectivity index (χ2n) is 9.17. The fourth-order valence-corrected chi connectivity index (χ4v) is 4.47. The van der Waals surface area contributed by atoms with Crippen molar-refractivity contribution in [2.24, 2.45) is 11.8 Å². The molecule has 10 heteroatoms. The maximum Gasteiger partial charge on any atom is 0.414 e. The van der Waals surface area contributed by atoms with Crippen molar-refractivity contribution in [1.29, 1.82) is 0 Å². The molecule has 3 N–H and O–H groups in total. The molecule has 1 aromatic heterocycles. The van der Waals surface area contributed by atoms with E-state index in [4.69, 9.17) is 24.5 Å². The average molecular weight is 515 g/mol. The summed E-state index contributed by atoms with van der Waals surface area (Å²) in [5, 5.41) is 26.8. The van der Waals surface area contributed by atoms with Crippen LogP contribution in [0, 0.1) is 11.8 Å². The lowest BCUT2D eigenvalue weighted by Gasteiger charge is -2.37. The molecule has 1 aromatic carbocycles. The van der Waals surface area contributed by atoms with Crippen LogP contribution in [0.25, 0.3) is 10.9 Å². The maximum absolute atomic E-state index is 12.9. The molecular formula is C27H38N4O6. The molecule has 202 valence electrons. The molecule has 0 aliphatic carbocycles. The normalized spacial score (nSPS) is 17.4. The molecule has 1 aliphatic rings. The highest BCUT2D eigenvalue weighted by atomic mass is 16.5. The second-order valence-corrected chi connectivity index (χ2v) is 9.17. The second kappa shape index (κ2) is 15.6. The summed E-state index contributed by atoms with van der Waals surface area (Å²) in [7, 11) is 1.63. The number of likely N-dealkylation sites (tertiary alicyclic amines) is 1. The van der Waals surface area contributed by atoms with E-state index in [2.05, 4.69) is 33.9 Å². The summed E-state index contributed by atoms with van der Waals surface area (Å²) in [5.74, 6) is -2.23. The number of carboxylic acids is 2. The van der Waals surface area contributed by atoms with Gasteiger partial charge in [-0.3, -0.25) is 4.79 Å². The molecule has 1 amide bonds. The zero-order chi connectivity index (χ0) is 27.2. The highest BCUT2D eigenvalue weighted by molar-refractivity contribution is 6.27. The number of hydrogen-bond acceptors (Lipinski definition) is 7. The van der Waals surface area contributed by atoms with Crippen LogP contribution in [0.5, 0.6) is 5.75 Å². The van der Waals surface area contributed by atoms with Gasteiger partial charge in [0, 0.05) is 18.4 Å². The van der Waals surface area contributed by atoms with Crippen molar-refractivity contribution in [3.63, 3.8) is 0 Å². The Hall–Kier alpha value is -3.53. The molecule has 2 aromatic rings. The topological polar surface area (TPSA) is 142 Å². The molecule has 2 heterocycles. The summed E-state index contributed by atoms with van der Waals surface area (Å²) < 4.78 is 5.31. The van der Waals surface area contributed by atoms with E-state index < -0.39 is 11.9 Å². The SMILES string of the molecule is C=C[C@H]1CN(CCCCCCC)CC[C@H]1CC(=O)Nc1cnnc2ccc(OC)cc12.O=C(O)C(=O)O. The number of carbonyl (C=O) groups is 3. The van der Waals surface area contributed by atoms with Crippen LogP contribution < -0.4 is 10.1 Å². The third-order valence-electron chi connectivity index (χ3n) is 6.52. The van der Waals surface area contributed by atoms with Gasteiger partial charge in [-0.2, -0.15) is 10.2 Å². The Morgan fingerprint density at radius 1 is 1.19 bits per heavy atom. The zero-order valence-corrected chi connectivity index (χ0v) is 21.7. The largest absolute Gasteiger partial charge is 0.497 e. The highest BCUT2D eigenvalue weighted by Gasteiger charge is 2.28. The Labute approximate surface area is 217 Å². The molecule has 0 saturated carbocycles. The van der Waals surface area contributed by atoms with Crippen molar-refractivity contribution in [3.8, 4) is 5.75 Å². The van der Waals surface area contributed by atoms with Crippen molar-refractivity contribution in [1.82, 2.24) is 15.1 Å². The van der Waals surface area contributed by atoms with Crippen LogP contribution in [-0.4, -0.2) is 69.9 Å². The molecule has 1 aliphatic heterocycles. The first-order valence-corrected chi connectivity index (χ1v) is 12.7. The third-order valence-corrected chi connectivity index (χ3v) is 6.52. The van der Waals surface area contributed by atoms with Crippen LogP contribution >= 0.6 is 0 Å². The van der Waals surface area contributed by atoms with Crippen molar-refractivity contribution in [2.75, 3.05) is 32.1 Å². The summed E-state index contributed by atoms with van der Waals surface area (Å²) in [6, 6.07) is 5.57. The molecule has 0 unspecified atom stereocenters. The Morgan fingerprint density at radius 3 is 2.57 bits per heavy atom. The van der Waals surface area contributed by atoms with E-state index in [0.717, 1.165) is 42.7 Å². The molecule has 1 fully saturated rings. The Balaban J connectivity index is 0.000000717. The first-order chi connectivity index (χ1) is 17.8. The smallest absolute Gasteiger partial charge is 0.414 e. The summed E-state index contributed by atoms with van der Waals surface area (Å²) in [4.78, 5) is 33.6. The van der Waals surface area contributed by atoms with Crippen LogP contribution in [0.3, 0.4) is 0 Å². The Morgan fingerprint density at radius 2 is 1.92 bits per heavy atom. The van der Waals surface area contributed by atoms with Crippen LogP contribution in [0.15, 0.2) is 37.1 Å². The number of aromatic nitrogens is 2. The monoisotopic (exact) mass is 514 g/mol. The number of unbranched alkanes of at least 4 members (excludes halogenated alkanes) is 4. The molecule has 0 radical (unpaired) electrons. The van der Waals surface area contributed by atoms with Gasteiger partial charge >= 0.3 is 11.9 Å². The van der Waals surface area contributed by atoms with Crippen LogP contribution in [0.4, 0.5) is 5.69 Å². The van der Waals surface area contributed by atoms with E-state index in [1.54, 1.807) is 13.3 Å². The van der Waals surface area contributed by atoms with E-state index in [-0.39, 0.29) is 5.91 Å². The van der Waals surface area contributed by atoms with Gasteiger partial charge in [-0.25, -0.2) is 9.59 Å². The molecule has 37 heavy (non-hydrogen) atoms. The van der Waals surface area contributed by atoms with Gasteiger partial charge in [-0.05, 0) is 56.0 Å². The zero-order valence-electron chi connectivity index (χ0n) is 21.7. The molecule has 1 saturated heterocycles. The molecule has 10 nitrogen and oxygen atoms in total. The number of piperidine rings is 1. The third kappa shape index (κ3) is 9.80. The number of nitrogens with zero attached hydrogens (tertiary/aromatic N) is 3. The molecule has 0 bridgehead atoms. The Bertz CT molecular complexity index is 1050. The predicted octanol–water partition coefficient (Wildman–Crippen LogP) is 4.22. The minimum absolute atomic E-state index is 0.0157. The average Bonchev–Trinajstić information content (AvgIpc) is 2.89. The minimum Gasteiger partial charge on any atom is -0.497 e. The lowest BCUT2D eigenvalue weighted by atomic mass is 9.83. The van der Waals surface area contributed by atoms with Crippen molar-refractivity contribution >= 4 is 34.4 Å². The number of fused-ring (bicyclic) bond motifs is 1. The lowest BCUT2D eigenvalue weighted by Crippen LogP contribution is -2.41. The van der Waals surface area contributed by atoms with Crippen LogP contribution in [0.1, 0.15) is 51.9 Å². The number of carboxylic acid groups (broad SMARTS) is 2. The summed E-state index contributed by atoms with van der Waals surface area (Å²) in [6.45, 7) is 9.53. The fraction of sp³-hybridized carbons (Fsp3) is 0.519. The van der Waals surface area contributed by atoms with E-state index in [0.29, 0.717) is 23.9 Å². The summed E-state index contributed by atoms with van der Waals surface area (Å²) in [6.07, 6.45) is 11.7. The van der Waals surface area contributed by atoms with E-state index in [1.165, 1.54) is 32.1 Å². The number of hydrogen-bond donors (Lipinski definition) is 3. The van der Waals surface area contributed by atoms with Crippen molar-refractivity contribution in [2.45, 2.75) is 51.9 Å². The maximum atomic E-state index is 12.9. The quantitative estimate of drug-likeness (QED) is 0.228. The van der Waals surface area contributed by atoms with Gasteiger partial charge in [0.15, 0.2) is 0 Å². The van der Waals surface area contributed by atoms with E-state index >= 15 is 0 Å². The minimum atomic E-state index is -1.82. The number of rotatable bonds is 11. The summed E-state index contributed by atoms with van der Waals surface area (Å²) in [5.41, 5.74) is 1.41. The predicted molar refractivity (Wildman–Crippen MR) is 142 cm³/mol. The molecule has 3 rings (SSSR count). The number of aliphatic carboxylic acids is 2. The van der Waals surface area contributed by atoms with Gasteiger partial charge in [0.1, 0.15) is 5.75 Å². The van der Waals surface area contributed by atoms with Gasteiger partial charge in [0.25, 0.3) is 0 Å². The number of nitrogens with one attached hydrogen (secondary N) is 1. The number of benzene rings is 1. The number of methoxy groups -OCH3 is 1. The van der Waals surface area contributed by atoms with E-state index in [1.807, 2.05) is 24.3 Å². The molecule has 2 atom stereocenters. The fourth-order valence-electron chi connectivity index (χ4n) is 4.47. The van der Waals surface area contributed by atoms with Crippen molar-refractivity contribution < 1.29 is 29.3 Å². The standard InChI is InChI=1S/C25H36N4O2.C2H2O4/c1-4-6-7-8-9-13-29-14-12-20(19(5-2)18-29)15-25(30)27-24-17-26-28-23-11-10-21(31-3)16-22(23)24;3-1(4)2(5)6/h5,10-11,16-17,19-20H,2,4,6-9,12-15,18H2,1,3H3,(H,27,28,30);(H,3,4)(H,5,6)/t19-,20-;/m0./s1. The van der Waals surface area contributed by atoms with Gasteiger partial charge < -0.3 is 25.2 Å². The van der Waals surface area contributed by atoms with Crippen LogP contribution in [0.2, 0.25) is 0 Å². The highest BCUT2D eigenvalue weighted by Crippen LogP contribution is 2.29. The molecule has 0 spiro atoms. The van der Waals surface area contributed by atoms with Crippen LogP contribution in [-0.2, 0) is 14.4 Å². The van der Waals surface area contributed by atoms with Gasteiger partial charge in [0.2, 0.25) is 5.91 Å². The first kappa shape index (κ1) is 29.7. The first-order valence-electron chi connectivity index (χ1n) is 12.7. The number of anilines is 1. The molecular weight excluding hydrogens is 476 g/mol.